The summed E-state index contributed by atoms with van der Waals surface area (Å²) in [6, 6.07) is 16.7. The van der Waals surface area contributed by atoms with Crippen molar-refractivity contribution in [3.05, 3.63) is 122 Å². The third kappa shape index (κ3) is 11.5. The first-order valence-electron chi connectivity index (χ1n) is 22.5. The number of non-ortho nitro benzene ring substituents is 2. The van der Waals surface area contributed by atoms with E-state index in [2.05, 4.69) is 12.7 Å². The van der Waals surface area contributed by atoms with Crippen molar-refractivity contribution in [2.75, 3.05) is 33.0 Å². The van der Waals surface area contributed by atoms with Gasteiger partial charge in [0.05, 0.1) is 40.8 Å². The van der Waals surface area contributed by atoms with Crippen LogP contribution >= 0.6 is 0 Å². The van der Waals surface area contributed by atoms with Crippen LogP contribution in [0.4, 0.5) is 16.2 Å². The molecule has 350 valence electrons. The van der Waals surface area contributed by atoms with Crippen LogP contribution in [0.15, 0.2) is 96.2 Å². The first-order valence-corrected chi connectivity index (χ1v) is 22.5. The Labute approximate surface area is 380 Å². The lowest BCUT2D eigenvalue weighted by Crippen LogP contribution is -2.70. The standard InChI is InChI=1S/C49H62N4O12/c1-6-23-51(47(56)61-32-48(3,4)5)44-30-42(50-63-31-33-17-19-35(20-18-33)52(57)58)40-27-34(13-8-10-24-54)39(16-9-11-25-55)45-41-29-38(64-37-15-12-14-36(28-37)53(59)60)21-22-43(41)65-49(44,46(40)45)62-26-7-2/h7,12,14-15,17-22,27-29,34,39,44-46,54-55H,2,6,8-11,13,16,23-26,30-32H2,1,3-5H3. The average molecular weight is 899 g/mol. The number of hydrogen-bond donors (Lipinski definition) is 2. The van der Waals surface area contributed by atoms with Gasteiger partial charge in [-0.3, -0.25) is 25.1 Å². The lowest BCUT2D eigenvalue weighted by Gasteiger charge is -2.60. The molecular weight excluding hydrogens is 837 g/mol. The Balaban J connectivity index is 1.57. The average Bonchev–Trinajstić information content (AvgIpc) is 3.28. The molecule has 0 aromatic heterocycles. The Morgan fingerprint density at radius 2 is 1.68 bits per heavy atom. The number of carbonyl (C=O) groups is 1. The molecule has 2 aliphatic carbocycles. The molecule has 0 bridgehead atoms. The minimum Gasteiger partial charge on any atom is -0.459 e. The molecule has 3 aromatic carbocycles. The van der Waals surface area contributed by atoms with Gasteiger partial charge < -0.3 is 34.0 Å². The quantitative estimate of drug-likeness (QED) is 0.0418. The van der Waals surface area contributed by atoms with Gasteiger partial charge in [0.2, 0.25) is 5.79 Å². The molecular formula is C49H62N4O12. The van der Waals surface area contributed by atoms with Crippen molar-refractivity contribution in [3.8, 4) is 17.2 Å². The molecule has 3 aromatic rings. The van der Waals surface area contributed by atoms with Crippen LogP contribution < -0.4 is 9.47 Å². The molecule has 6 atom stereocenters. The number of hydrogen-bond acceptors (Lipinski definition) is 13. The molecule has 1 amide bonds. The minimum absolute atomic E-state index is 0.0132. The molecule has 6 unspecified atom stereocenters. The maximum Gasteiger partial charge on any atom is 0.410 e. The number of carbonyl (C=O) groups excluding carboxylic acids is 1. The molecule has 16 heteroatoms. The normalized spacial score (nSPS) is 22.7. The van der Waals surface area contributed by atoms with Gasteiger partial charge in [0.15, 0.2) is 0 Å². The molecule has 1 aliphatic heterocycles. The van der Waals surface area contributed by atoms with Crippen LogP contribution in [0.25, 0.3) is 0 Å². The van der Waals surface area contributed by atoms with Gasteiger partial charge in [0.1, 0.15) is 29.9 Å². The van der Waals surface area contributed by atoms with Crippen LogP contribution in [0.5, 0.6) is 17.2 Å². The van der Waals surface area contributed by atoms with Gasteiger partial charge in [-0.25, -0.2) is 4.79 Å². The Morgan fingerprint density at radius 1 is 0.969 bits per heavy atom. The van der Waals surface area contributed by atoms with Gasteiger partial charge in [0, 0.05) is 55.9 Å². The van der Waals surface area contributed by atoms with Crippen LogP contribution in [0.3, 0.4) is 0 Å². The molecule has 1 heterocycles. The second kappa shape index (κ2) is 21.9. The molecule has 6 rings (SSSR count). The fraction of sp³-hybridized carbons (Fsp3) is 0.510. The molecule has 3 aliphatic rings. The number of allylic oxidation sites excluding steroid dienone is 1. The predicted molar refractivity (Wildman–Crippen MR) is 244 cm³/mol. The van der Waals surface area contributed by atoms with E-state index in [-0.39, 0.29) is 79.7 Å². The summed E-state index contributed by atoms with van der Waals surface area (Å²) in [6.07, 6.45) is 8.19. The van der Waals surface area contributed by atoms with Crippen LogP contribution in [0.2, 0.25) is 0 Å². The monoisotopic (exact) mass is 898 g/mol. The molecule has 0 saturated heterocycles. The van der Waals surface area contributed by atoms with Crippen molar-refractivity contribution < 1.29 is 48.6 Å². The Morgan fingerprint density at radius 3 is 2.34 bits per heavy atom. The smallest absolute Gasteiger partial charge is 0.410 e. The zero-order valence-corrected chi connectivity index (χ0v) is 37.8. The summed E-state index contributed by atoms with van der Waals surface area (Å²) in [4.78, 5) is 44.4. The zero-order chi connectivity index (χ0) is 46.7. The highest BCUT2D eigenvalue weighted by Crippen LogP contribution is 2.62. The number of nitro benzene ring substituents is 2. The number of nitrogens with zero attached hydrogens (tertiary/aromatic N) is 4. The SMILES string of the molecule is C=CCOC12Oc3ccc(Oc4cccc([N+](=O)[O-])c4)cc3C3C(CCCCO)C(CCCCO)C=C(C(=NOCc4ccc([N+](=O)[O-])cc4)CC1N(CCC)C(=O)OCC(C)(C)C)C32. The number of ether oxygens (including phenoxy) is 4. The molecule has 2 N–H and O–H groups in total. The van der Waals surface area contributed by atoms with Gasteiger partial charge in [-0.05, 0) is 96.9 Å². The summed E-state index contributed by atoms with van der Waals surface area (Å²) >= 11 is 0. The van der Waals surface area contributed by atoms with Crippen LogP contribution in [0.1, 0.15) is 96.1 Å². The summed E-state index contributed by atoms with van der Waals surface area (Å²) in [6.45, 7) is 12.6. The van der Waals surface area contributed by atoms with Gasteiger partial charge in [-0.2, -0.15) is 0 Å². The first-order chi connectivity index (χ1) is 31.2. The predicted octanol–water partition coefficient (Wildman–Crippen LogP) is 10.0. The third-order valence-electron chi connectivity index (χ3n) is 12.2. The minimum atomic E-state index is -1.52. The molecule has 65 heavy (non-hydrogen) atoms. The van der Waals surface area contributed by atoms with Crippen molar-refractivity contribution in [2.45, 2.75) is 103 Å². The van der Waals surface area contributed by atoms with Gasteiger partial charge >= 0.3 is 6.09 Å². The molecule has 0 radical (unpaired) electrons. The second-order valence-electron chi connectivity index (χ2n) is 18.1. The van der Waals surface area contributed by atoms with E-state index >= 15 is 0 Å². The lowest BCUT2D eigenvalue weighted by molar-refractivity contribution is -0.385. The van der Waals surface area contributed by atoms with Gasteiger partial charge in [-0.1, -0.05) is 63.9 Å². The van der Waals surface area contributed by atoms with E-state index in [1.54, 1.807) is 41.3 Å². The Kier molecular flexibility index (Phi) is 16.4. The number of unbranched alkanes of at least 4 members (excludes halogenated alkanes) is 2. The first kappa shape index (κ1) is 48.6. The summed E-state index contributed by atoms with van der Waals surface area (Å²) in [5.74, 6) is -1.35. The number of aliphatic hydroxyl groups excluding tert-OH is 2. The van der Waals surface area contributed by atoms with Crippen LogP contribution in [-0.2, 0) is 20.9 Å². The number of benzene rings is 3. The van der Waals surface area contributed by atoms with E-state index in [9.17, 15) is 35.2 Å². The number of rotatable bonds is 22. The fourth-order valence-electron chi connectivity index (χ4n) is 9.38. The number of amides is 1. The maximum absolute atomic E-state index is 14.5. The number of nitro groups is 2. The van der Waals surface area contributed by atoms with Crippen LogP contribution in [0, 0.1) is 43.4 Å². The van der Waals surface area contributed by atoms with Gasteiger partial charge in [-0.15, -0.1) is 6.58 Å². The summed E-state index contributed by atoms with van der Waals surface area (Å²) < 4.78 is 26.7. The van der Waals surface area contributed by atoms with Crippen LogP contribution in [-0.4, -0.2) is 81.6 Å². The largest absolute Gasteiger partial charge is 0.459 e. The van der Waals surface area contributed by atoms with Crippen molar-refractivity contribution in [1.29, 1.82) is 0 Å². The van der Waals surface area contributed by atoms with Crippen molar-refractivity contribution in [1.82, 2.24) is 4.90 Å². The third-order valence-corrected chi connectivity index (χ3v) is 12.2. The number of oxime groups is 1. The topological polar surface area (TPSA) is 206 Å². The number of fused-ring (bicyclic) bond motifs is 2. The lowest BCUT2D eigenvalue weighted by atomic mass is 9.55. The van der Waals surface area contributed by atoms with E-state index in [1.807, 2.05) is 39.8 Å². The highest BCUT2D eigenvalue weighted by molar-refractivity contribution is 6.03. The Bertz CT molecular complexity index is 2200. The fourth-order valence-corrected chi connectivity index (χ4v) is 9.38. The van der Waals surface area contributed by atoms with E-state index in [0.717, 1.165) is 24.0 Å². The van der Waals surface area contributed by atoms with Crippen molar-refractivity contribution in [2.24, 2.45) is 28.3 Å². The van der Waals surface area contributed by atoms with E-state index in [1.165, 1.54) is 24.3 Å². The summed E-state index contributed by atoms with van der Waals surface area (Å²) in [5.41, 5.74) is 2.40. The molecule has 16 nitrogen and oxygen atoms in total. The Hall–Kier alpha value is -5.84. The highest BCUT2D eigenvalue weighted by atomic mass is 16.7. The van der Waals surface area contributed by atoms with Crippen molar-refractivity contribution in [3.63, 3.8) is 0 Å². The number of aliphatic hydroxyl groups is 2. The second-order valence-corrected chi connectivity index (χ2v) is 18.1. The summed E-state index contributed by atoms with van der Waals surface area (Å²) in [5, 5.41) is 47.7. The molecule has 0 spiro atoms. The van der Waals surface area contributed by atoms with E-state index in [0.29, 0.717) is 61.4 Å². The molecule has 1 fully saturated rings. The van der Waals surface area contributed by atoms with Gasteiger partial charge in [0.25, 0.3) is 11.4 Å². The molecule has 1 saturated carbocycles. The summed E-state index contributed by atoms with van der Waals surface area (Å²) in [7, 11) is 0. The zero-order valence-electron chi connectivity index (χ0n) is 37.8. The van der Waals surface area contributed by atoms with E-state index < -0.39 is 33.7 Å². The highest BCUT2D eigenvalue weighted by Gasteiger charge is 2.65. The maximum atomic E-state index is 14.5. The van der Waals surface area contributed by atoms with E-state index in [4.69, 9.17) is 28.9 Å². The van der Waals surface area contributed by atoms with Crippen molar-refractivity contribution >= 4 is 23.2 Å².